The maximum absolute atomic E-state index is 13.9. The molecule has 17 heavy (non-hydrogen) atoms. The van der Waals surface area contributed by atoms with Gasteiger partial charge in [0.25, 0.3) is 0 Å². The van der Waals surface area contributed by atoms with Crippen molar-refractivity contribution in [2.45, 2.75) is 6.42 Å². The first-order chi connectivity index (χ1) is 8.24. The summed E-state index contributed by atoms with van der Waals surface area (Å²) in [4.78, 5) is 0. The second-order valence-electron chi connectivity index (χ2n) is 4.15. The minimum atomic E-state index is -0.519. The van der Waals surface area contributed by atoms with E-state index in [9.17, 15) is 8.78 Å². The van der Waals surface area contributed by atoms with Crippen LogP contribution in [0, 0.1) is 11.6 Å². The largest absolute Gasteiger partial charge is 0.207 e. The Balaban J connectivity index is 2.27. The highest BCUT2D eigenvalue weighted by atomic mass is 19.1. The molecule has 3 rings (SSSR count). The molecular formula is C15H10F2. The third kappa shape index (κ3) is 1.76. The van der Waals surface area contributed by atoms with Crippen molar-refractivity contribution in [2.24, 2.45) is 0 Å². The van der Waals surface area contributed by atoms with Crippen molar-refractivity contribution in [3.63, 3.8) is 0 Å². The van der Waals surface area contributed by atoms with Crippen molar-refractivity contribution in [2.75, 3.05) is 0 Å². The predicted molar refractivity (Wildman–Crippen MR) is 64.4 cm³/mol. The van der Waals surface area contributed by atoms with Crippen LogP contribution in [-0.4, -0.2) is 0 Å². The molecular weight excluding hydrogens is 218 g/mol. The van der Waals surface area contributed by atoms with Crippen molar-refractivity contribution in [1.82, 2.24) is 0 Å². The average Bonchev–Trinajstić information content (AvgIpc) is 2.60. The number of hydrogen-bond donors (Lipinski definition) is 0. The highest BCUT2D eigenvalue weighted by Gasteiger charge is 2.16. The van der Waals surface area contributed by atoms with Gasteiger partial charge in [0.1, 0.15) is 11.6 Å². The molecule has 0 unspecified atom stereocenters. The van der Waals surface area contributed by atoms with E-state index in [1.807, 2.05) is 36.5 Å². The van der Waals surface area contributed by atoms with E-state index in [-0.39, 0.29) is 0 Å². The van der Waals surface area contributed by atoms with Crippen LogP contribution in [0.4, 0.5) is 8.78 Å². The van der Waals surface area contributed by atoms with E-state index in [4.69, 9.17) is 0 Å². The number of halogens is 2. The Bertz CT molecular complexity index is 602. The fourth-order valence-corrected chi connectivity index (χ4v) is 2.22. The first-order valence-corrected chi connectivity index (χ1v) is 5.49. The molecule has 0 aromatic heterocycles. The van der Waals surface area contributed by atoms with E-state index < -0.39 is 11.6 Å². The Morgan fingerprint density at radius 1 is 1.00 bits per heavy atom. The summed E-state index contributed by atoms with van der Waals surface area (Å²) in [5.41, 5.74) is 3.04. The molecule has 0 spiro atoms. The zero-order valence-corrected chi connectivity index (χ0v) is 9.08. The van der Waals surface area contributed by atoms with Crippen LogP contribution in [0.5, 0.6) is 0 Å². The first-order valence-electron chi connectivity index (χ1n) is 5.49. The van der Waals surface area contributed by atoms with Crippen molar-refractivity contribution < 1.29 is 8.78 Å². The zero-order chi connectivity index (χ0) is 11.8. The smallest absolute Gasteiger partial charge is 0.134 e. The van der Waals surface area contributed by atoms with Gasteiger partial charge in [-0.25, -0.2) is 8.78 Å². The van der Waals surface area contributed by atoms with Gasteiger partial charge >= 0.3 is 0 Å². The van der Waals surface area contributed by atoms with Crippen molar-refractivity contribution in [3.8, 4) is 0 Å². The van der Waals surface area contributed by atoms with Gasteiger partial charge in [0.05, 0.1) is 0 Å². The lowest BCUT2D eigenvalue weighted by Crippen LogP contribution is -1.97. The van der Waals surface area contributed by atoms with E-state index in [0.717, 1.165) is 17.2 Å². The van der Waals surface area contributed by atoms with E-state index in [0.29, 0.717) is 17.5 Å². The Morgan fingerprint density at radius 2 is 1.82 bits per heavy atom. The maximum Gasteiger partial charge on any atom is 0.134 e. The third-order valence-corrected chi connectivity index (χ3v) is 2.98. The van der Waals surface area contributed by atoms with E-state index in [1.165, 1.54) is 6.07 Å². The van der Waals surface area contributed by atoms with Gasteiger partial charge in [-0.15, -0.1) is 0 Å². The summed E-state index contributed by atoms with van der Waals surface area (Å²) >= 11 is 0. The van der Waals surface area contributed by atoms with Gasteiger partial charge in [0, 0.05) is 11.6 Å². The summed E-state index contributed by atoms with van der Waals surface area (Å²) in [6.07, 6.45) is 12.1. The van der Waals surface area contributed by atoms with Crippen LogP contribution in [0.3, 0.4) is 0 Å². The second-order valence-corrected chi connectivity index (χ2v) is 4.15. The molecule has 2 heteroatoms. The summed E-state index contributed by atoms with van der Waals surface area (Å²) in [5, 5.41) is 0. The number of fused-ring (bicyclic) bond motifs is 3. The summed E-state index contributed by atoms with van der Waals surface area (Å²) in [6, 6.07) is 2.35. The average molecular weight is 228 g/mol. The molecule has 0 saturated carbocycles. The normalized spacial score (nSPS) is 16.8. The summed E-state index contributed by atoms with van der Waals surface area (Å²) in [5.74, 6) is -1.01. The van der Waals surface area contributed by atoms with Crippen LogP contribution in [0.25, 0.3) is 5.57 Å². The Morgan fingerprint density at radius 3 is 2.71 bits per heavy atom. The molecule has 0 N–H and O–H groups in total. The minimum absolute atomic E-state index is 0.493. The first kappa shape index (κ1) is 10.2. The van der Waals surface area contributed by atoms with Gasteiger partial charge in [-0.1, -0.05) is 30.4 Å². The molecule has 2 aliphatic rings. The van der Waals surface area contributed by atoms with Gasteiger partial charge in [-0.3, -0.25) is 0 Å². The lowest BCUT2D eigenvalue weighted by Gasteiger charge is -2.09. The van der Waals surface area contributed by atoms with Gasteiger partial charge in [0.2, 0.25) is 0 Å². The number of hydrogen-bond acceptors (Lipinski definition) is 0. The lowest BCUT2D eigenvalue weighted by atomic mass is 9.98. The van der Waals surface area contributed by atoms with E-state index in [1.54, 1.807) is 0 Å². The molecule has 0 nitrogen and oxygen atoms in total. The summed E-state index contributed by atoms with van der Waals surface area (Å²) < 4.78 is 27.1. The predicted octanol–water partition coefficient (Wildman–Crippen LogP) is 3.96. The molecule has 0 atom stereocenters. The Labute approximate surface area is 98.3 Å². The minimum Gasteiger partial charge on any atom is -0.207 e. The molecule has 2 bridgehead atoms. The number of benzene rings is 1. The second kappa shape index (κ2) is 3.81. The molecule has 84 valence electrons. The molecule has 0 fully saturated rings. The molecule has 1 aromatic rings. The standard InChI is InChI=1S/C15H10F2/c16-13-8-12-6-5-10-3-1-2-4-11(7-10)15(12)14(17)9-13/h1-5,7-9H,6H2. The van der Waals surface area contributed by atoms with Crippen molar-refractivity contribution in [3.05, 3.63) is 76.9 Å². The zero-order valence-electron chi connectivity index (χ0n) is 9.08. The molecule has 0 amide bonds. The van der Waals surface area contributed by atoms with Crippen molar-refractivity contribution in [1.29, 1.82) is 0 Å². The monoisotopic (exact) mass is 228 g/mol. The van der Waals surface area contributed by atoms with E-state index in [2.05, 4.69) is 0 Å². The van der Waals surface area contributed by atoms with Crippen LogP contribution in [-0.2, 0) is 6.42 Å². The van der Waals surface area contributed by atoms with Crippen LogP contribution in [0.1, 0.15) is 11.1 Å². The molecule has 0 radical (unpaired) electrons. The Hall–Kier alpha value is -1.96. The number of rotatable bonds is 0. The van der Waals surface area contributed by atoms with Crippen LogP contribution < -0.4 is 0 Å². The van der Waals surface area contributed by atoms with Gasteiger partial charge < -0.3 is 0 Å². The van der Waals surface area contributed by atoms with E-state index >= 15 is 0 Å². The van der Waals surface area contributed by atoms with Gasteiger partial charge in [-0.2, -0.15) is 0 Å². The van der Waals surface area contributed by atoms with Crippen LogP contribution in [0.15, 0.2) is 54.2 Å². The molecule has 0 saturated heterocycles. The SMILES string of the molecule is Fc1cc(F)c2c(c1)CC=C1C=CC=CC2=C1. The fraction of sp³-hybridized carbons (Fsp3) is 0.0667. The van der Waals surface area contributed by atoms with Crippen LogP contribution in [0.2, 0.25) is 0 Å². The topological polar surface area (TPSA) is 0 Å². The van der Waals surface area contributed by atoms with Crippen LogP contribution >= 0.6 is 0 Å². The van der Waals surface area contributed by atoms with Crippen molar-refractivity contribution >= 4 is 5.57 Å². The Kier molecular flexibility index (Phi) is 2.29. The highest BCUT2D eigenvalue weighted by molar-refractivity contribution is 5.81. The number of allylic oxidation sites excluding steroid dienone is 8. The maximum atomic E-state index is 13.9. The molecule has 1 aromatic carbocycles. The molecule has 0 aliphatic heterocycles. The summed E-state index contributed by atoms with van der Waals surface area (Å²) in [6.45, 7) is 0. The molecule has 2 aliphatic carbocycles. The lowest BCUT2D eigenvalue weighted by molar-refractivity contribution is 0.578. The fourth-order valence-electron chi connectivity index (χ4n) is 2.22. The molecule has 0 heterocycles. The quantitative estimate of drug-likeness (QED) is 0.630. The van der Waals surface area contributed by atoms with Gasteiger partial charge in [-0.05, 0) is 35.3 Å². The third-order valence-electron chi connectivity index (χ3n) is 2.98. The highest BCUT2D eigenvalue weighted by Crippen LogP contribution is 2.31. The van der Waals surface area contributed by atoms with Gasteiger partial charge in [0.15, 0.2) is 0 Å². The summed E-state index contributed by atoms with van der Waals surface area (Å²) in [7, 11) is 0.